The number of aromatic amines is 1. The first kappa shape index (κ1) is 18.0. The summed E-state index contributed by atoms with van der Waals surface area (Å²) in [6, 6.07) is 18.9. The molecule has 5 heteroatoms. The molecule has 1 atom stereocenters. The molecule has 1 N–H and O–H groups in total. The number of nitrogens with one attached hydrogen (secondary N) is 1. The first-order valence-electron chi connectivity index (χ1n) is 8.96. The lowest BCUT2D eigenvalue weighted by molar-refractivity contribution is 0.589. The molecule has 2 aromatic heterocycles. The van der Waals surface area contributed by atoms with Crippen LogP contribution in [0.25, 0.3) is 10.9 Å². The highest BCUT2D eigenvalue weighted by atomic mass is 32.2. The van der Waals surface area contributed by atoms with E-state index in [9.17, 15) is 8.42 Å². The number of para-hydroxylation sites is 1. The molecular formula is C22H21NO2S2. The molecule has 0 saturated carbocycles. The lowest BCUT2D eigenvalue weighted by Gasteiger charge is -2.18. The van der Waals surface area contributed by atoms with Crippen molar-refractivity contribution in [3.05, 3.63) is 87.7 Å². The first-order valence-corrected chi connectivity index (χ1v) is 11.4. The second-order valence-electron chi connectivity index (χ2n) is 6.67. The van der Waals surface area contributed by atoms with Gasteiger partial charge in [0.1, 0.15) is 5.25 Å². The molecule has 138 valence electrons. The Morgan fingerprint density at radius 3 is 2.41 bits per heavy atom. The number of sulfone groups is 1. The molecule has 0 bridgehead atoms. The summed E-state index contributed by atoms with van der Waals surface area (Å²) in [6.07, 6.45) is 0.745. The summed E-state index contributed by atoms with van der Waals surface area (Å²) in [5, 5.41) is 2.20. The van der Waals surface area contributed by atoms with E-state index in [2.05, 4.69) is 11.9 Å². The highest BCUT2D eigenvalue weighted by molar-refractivity contribution is 7.92. The fourth-order valence-corrected chi connectivity index (χ4v) is 6.56. The molecule has 0 aliphatic rings. The summed E-state index contributed by atoms with van der Waals surface area (Å²) in [5.41, 5.74) is 3.87. The van der Waals surface area contributed by atoms with Crippen LogP contribution in [-0.4, -0.2) is 13.4 Å². The summed E-state index contributed by atoms with van der Waals surface area (Å²) in [6.45, 7) is 4.01. The predicted octanol–water partition coefficient (Wildman–Crippen LogP) is 5.66. The van der Waals surface area contributed by atoms with Crippen molar-refractivity contribution >= 4 is 32.1 Å². The van der Waals surface area contributed by atoms with Crippen molar-refractivity contribution in [3.63, 3.8) is 0 Å². The normalized spacial score (nSPS) is 13.1. The van der Waals surface area contributed by atoms with Crippen LogP contribution in [0.5, 0.6) is 0 Å². The van der Waals surface area contributed by atoms with Crippen LogP contribution in [0, 0.1) is 6.92 Å². The third-order valence-electron chi connectivity index (χ3n) is 4.91. The van der Waals surface area contributed by atoms with Gasteiger partial charge in [-0.3, -0.25) is 0 Å². The van der Waals surface area contributed by atoms with E-state index in [4.69, 9.17) is 0 Å². The van der Waals surface area contributed by atoms with Gasteiger partial charge in [0.2, 0.25) is 0 Å². The Bertz CT molecular complexity index is 1170. The number of H-pyrrole nitrogens is 1. The molecule has 1 unspecified atom stereocenters. The molecular weight excluding hydrogens is 374 g/mol. The van der Waals surface area contributed by atoms with Crippen molar-refractivity contribution in [1.82, 2.24) is 4.98 Å². The Morgan fingerprint density at radius 2 is 1.74 bits per heavy atom. The van der Waals surface area contributed by atoms with E-state index in [1.54, 1.807) is 12.1 Å². The smallest absolute Gasteiger partial charge is 0.190 e. The maximum atomic E-state index is 13.7. The minimum atomic E-state index is -3.60. The molecule has 27 heavy (non-hydrogen) atoms. The van der Waals surface area contributed by atoms with Gasteiger partial charge in [0.25, 0.3) is 0 Å². The second kappa shape index (κ2) is 6.98. The maximum Gasteiger partial charge on any atom is 0.190 e. The van der Waals surface area contributed by atoms with E-state index in [-0.39, 0.29) is 0 Å². The zero-order chi connectivity index (χ0) is 19.0. The summed E-state index contributed by atoms with van der Waals surface area (Å²) >= 11 is 1.49. The van der Waals surface area contributed by atoms with Crippen molar-refractivity contribution in [2.75, 3.05) is 0 Å². The summed E-state index contributed by atoms with van der Waals surface area (Å²) in [5.74, 6) is 0. The number of benzene rings is 2. The third kappa shape index (κ3) is 3.11. The number of rotatable bonds is 5. The highest BCUT2D eigenvalue weighted by Gasteiger charge is 2.35. The Morgan fingerprint density at radius 1 is 1.00 bits per heavy atom. The molecule has 3 nitrogen and oxygen atoms in total. The van der Waals surface area contributed by atoms with Gasteiger partial charge in [0.15, 0.2) is 9.84 Å². The van der Waals surface area contributed by atoms with Crippen LogP contribution in [-0.2, 0) is 16.3 Å². The molecule has 0 aliphatic carbocycles. The number of thiophene rings is 1. The Kier molecular flexibility index (Phi) is 4.66. The average Bonchev–Trinajstić information content (AvgIpc) is 3.31. The summed E-state index contributed by atoms with van der Waals surface area (Å²) in [4.78, 5) is 4.63. The number of hydrogen-bond acceptors (Lipinski definition) is 3. The Hall–Kier alpha value is -2.37. The number of fused-ring (bicyclic) bond motifs is 1. The lowest BCUT2D eigenvalue weighted by atomic mass is 10.0. The summed E-state index contributed by atoms with van der Waals surface area (Å²) in [7, 11) is -3.60. The maximum absolute atomic E-state index is 13.7. The van der Waals surface area contributed by atoms with Crippen LogP contribution in [0.4, 0.5) is 0 Å². The highest BCUT2D eigenvalue weighted by Crippen LogP contribution is 2.42. The molecule has 0 aliphatic heterocycles. The quantitative estimate of drug-likeness (QED) is 0.474. The van der Waals surface area contributed by atoms with Crippen LogP contribution in [0.1, 0.15) is 33.9 Å². The number of hydrogen-bond donors (Lipinski definition) is 1. The summed E-state index contributed by atoms with van der Waals surface area (Å²) < 4.78 is 27.5. The molecule has 2 heterocycles. The van der Waals surface area contributed by atoms with Gasteiger partial charge in [0, 0.05) is 27.0 Å². The lowest BCUT2D eigenvalue weighted by Crippen LogP contribution is -2.15. The predicted molar refractivity (Wildman–Crippen MR) is 112 cm³/mol. The van der Waals surface area contributed by atoms with Crippen molar-refractivity contribution in [2.45, 2.75) is 30.4 Å². The largest absolute Gasteiger partial charge is 0.358 e. The van der Waals surface area contributed by atoms with Crippen molar-refractivity contribution in [2.24, 2.45) is 0 Å². The van der Waals surface area contributed by atoms with Crippen molar-refractivity contribution in [1.29, 1.82) is 0 Å². The Balaban J connectivity index is 2.01. The number of aryl methyl sites for hydroxylation is 2. The van der Waals surface area contributed by atoms with Gasteiger partial charge in [0.05, 0.1) is 4.90 Å². The average molecular weight is 396 g/mol. The van der Waals surface area contributed by atoms with Crippen LogP contribution in [0.15, 0.2) is 70.9 Å². The van der Waals surface area contributed by atoms with E-state index in [0.29, 0.717) is 4.90 Å². The molecule has 0 saturated heterocycles. The zero-order valence-corrected chi connectivity index (χ0v) is 16.9. The van der Waals surface area contributed by atoms with E-state index >= 15 is 0 Å². The van der Waals surface area contributed by atoms with Crippen LogP contribution >= 0.6 is 11.3 Å². The third-order valence-corrected chi connectivity index (χ3v) is 8.03. The SMILES string of the molecule is CCc1[nH]c2ccccc2c1C(c1cccs1)S(=O)(=O)c1ccc(C)cc1. The van der Waals surface area contributed by atoms with Crippen molar-refractivity contribution < 1.29 is 8.42 Å². The van der Waals surface area contributed by atoms with E-state index < -0.39 is 15.1 Å². The molecule has 0 radical (unpaired) electrons. The minimum absolute atomic E-state index is 0.360. The van der Waals surface area contributed by atoms with Gasteiger partial charge < -0.3 is 4.98 Å². The fraction of sp³-hybridized carbons (Fsp3) is 0.182. The van der Waals surface area contributed by atoms with Crippen LogP contribution < -0.4 is 0 Å². The fourth-order valence-electron chi connectivity index (χ4n) is 3.55. The molecule has 0 amide bonds. The Labute approximate surface area is 163 Å². The topological polar surface area (TPSA) is 49.9 Å². The van der Waals surface area contributed by atoms with Gasteiger partial charge >= 0.3 is 0 Å². The van der Waals surface area contributed by atoms with Gasteiger partial charge in [-0.25, -0.2) is 8.42 Å². The van der Waals surface area contributed by atoms with Gasteiger partial charge in [-0.2, -0.15) is 0 Å². The molecule has 4 rings (SSSR count). The van der Waals surface area contributed by atoms with Crippen molar-refractivity contribution in [3.8, 4) is 0 Å². The van der Waals surface area contributed by atoms with Gasteiger partial charge in [-0.15, -0.1) is 11.3 Å². The van der Waals surface area contributed by atoms with E-state index in [0.717, 1.165) is 39.0 Å². The molecule has 0 fully saturated rings. The van der Waals surface area contributed by atoms with Gasteiger partial charge in [-0.1, -0.05) is 48.9 Å². The number of aromatic nitrogens is 1. The van der Waals surface area contributed by atoms with Crippen LogP contribution in [0.3, 0.4) is 0 Å². The first-order chi connectivity index (χ1) is 13.0. The minimum Gasteiger partial charge on any atom is -0.358 e. The van der Waals surface area contributed by atoms with Gasteiger partial charge in [-0.05, 0) is 43.0 Å². The van der Waals surface area contributed by atoms with Crippen LogP contribution in [0.2, 0.25) is 0 Å². The zero-order valence-electron chi connectivity index (χ0n) is 15.3. The second-order valence-corrected chi connectivity index (χ2v) is 9.68. The standard InChI is InChI=1S/C22H21NO2S2/c1-3-18-21(17-7-4-5-8-19(17)23-18)22(20-9-6-14-26-20)27(24,25)16-12-10-15(2)11-13-16/h4-14,22-23H,3H2,1-2H3. The van der Waals surface area contributed by atoms with E-state index in [1.807, 2.05) is 60.8 Å². The molecule has 4 aromatic rings. The molecule has 0 spiro atoms. The van der Waals surface area contributed by atoms with E-state index in [1.165, 1.54) is 11.3 Å². The molecule has 2 aromatic carbocycles. The monoisotopic (exact) mass is 395 g/mol.